The second-order valence-corrected chi connectivity index (χ2v) is 9.97. The molecule has 6 nitrogen and oxygen atoms in total. The number of carbonyl (C=O) groups excluding carboxylic acids is 1. The third-order valence-electron chi connectivity index (χ3n) is 5.39. The zero-order valence-corrected chi connectivity index (χ0v) is 18.1. The zero-order chi connectivity index (χ0) is 23.0. The lowest BCUT2D eigenvalue weighted by Gasteiger charge is -2.40. The number of para-hydroxylation sites is 1. The minimum Gasteiger partial charge on any atom is -0.406 e. The van der Waals surface area contributed by atoms with Crippen LogP contribution in [0.25, 0.3) is 0 Å². The molecule has 1 aliphatic heterocycles. The largest absolute Gasteiger partial charge is 0.573 e. The molecule has 1 atom stereocenters. The first-order chi connectivity index (χ1) is 14.3. The molecule has 1 fully saturated rings. The molecule has 0 saturated carbocycles. The summed E-state index contributed by atoms with van der Waals surface area (Å²) in [6, 6.07) is 10.0. The summed E-state index contributed by atoms with van der Waals surface area (Å²) in [7, 11) is -4.07. The number of sulfonamides is 1. The fourth-order valence-corrected chi connectivity index (χ4v) is 5.79. The number of rotatable bonds is 4. The highest BCUT2D eigenvalue weighted by Crippen LogP contribution is 2.39. The van der Waals surface area contributed by atoms with Crippen LogP contribution in [0, 0.1) is 13.8 Å². The summed E-state index contributed by atoms with van der Waals surface area (Å²) in [4.78, 5) is 13.0. The van der Waals surface area contributed by atoms with E-state index < -0.39 is 32.8 Å². The lowest BCUT2D eigenvalue weighted by molar-refractivity contribution is -0.274. The van der Waals surface area contributed by atoms with Crippen molar-refractivity contribution < 1.29 is 31.1 Å². The predicted molar refractivity (Wildman–Crippen MR) is 112 cm³/mol. The van der Waals surface area contributed by atoms with Crippen LogP contribution in [0.5, 0.6) is 5.75 Å². The molecule has 0 aromatic heterocycles. The van der Waals surface area contributed by atoms with Crippen molar-refractivity contribution in [2.45, 2.75) is 44.7 Å². The Hall–Kier alpha value is -2.75. The molecule has 31 heavy (non-hydrogen) atoms. The van der Waals surface area contributed by atoms with Gasteiger partial charge in [0.15, 0.2) is 4.75 Å². The van der Waals surface area contributed by atoms with Gasteiger partial charge in [-0.15, -0.1) is 13.2 Å². The molecule has 1 amide bonds. The number of benzene rings is 2. The number of amides is 1. The molecule has 168 valence electrons. The van der Waals surface area contributed by atoms with Crippen molar-refractivity contribution in [1.82, 2.24) is 0 Å². The van der Waals surface area contributed by atoms with Crippen LogP contribution < -0.4 is 14.4 Å². The van der Waals surface area contributed by atoms with Crippen LogP contribution in [0.2, 0.25) is 0 Å². The van der Waals surface area contributed by atoms with Gasteiger partial charge in [-0.2, -0.15) is 0 Å². The van der Waals surface area contributed by atoms with Crippen molar-refractivity contribution in [3.8, 4) is 5.75 Å². The van der Waals surface area contributed by atoms with Crippen molar-refractivity contribution in [2.24, 2.45) is 0 Å². The van der Waals surface area contributed by atoms with Gasteiger partial charge in [0.25, 0.3) is 0 Å². The minimum absolute atomic E-state index is 0.123. The number of ether oxygens (including phenoxy) is 1. The van der Waals surface area contributed by atoms with Gasteiger partial charge in [-0.1, -0.05) is 18.2 Å². The summed E-state index contributed by atoms with van der Waals surface area (Å²) in [6.45, 7) is 5.27. The quantitative estimate of drug-likeness (QED) is 0.734. The van der Waals surface area contributed by atoms with Gasteiger partial charge in [0.2, 0.25) is 15.9 Å². The number of carbonyl (C=O) groups is 1. The zero-order valence-electron chi connectivity index (χ0n) is 17.3. The maximum atomic E-state index is 13.5. The van der Waals surface area contributed by atoms with E-state index in [2.05, 4.69) is 10.1 Å². The second kappa shape index (κ2) is 8.07. The Kier molecular flexibility index (Phi) is 5.96. The van der Waals surface area contributed by atoms with Gasteiger partial charge >= 0.3 is 6.36 Å². The van der Waals surface area contributed by atoms with Crippen molar-refractivity contribution in [3.05, 3.63) is 53.6 Å². The van der Waals surface area contributed by atoms with E-state index in [4.69, 9.17) is 0 Å². The number of aryl methyl sites for hydroxylation is 2. The fraction of sp³-hybridized carbons (Fsp3) is 0.381. The van der Waals surface area contributed by atoms with Gasteiger partial charge in [0.05, 0.1) is 5.69 Å². The Bertz CT molecular complexity index is 1060. The van der Waals surface area contributed by atoms with Crippen molar-refractivity contribution in [1.29, 1.82) is 0 Å². The Balaban J connectivity index is 1.86. The molecular weight excluding hydrogens is 433 g/mol. The lowest BCUT2D eigenvalue weighted by Crippen LogP contribution is -2.57. The van der Waals surface area contributed by atoms with Gasteiger partial charge in [-0.25, -0.2) is 8.42 Å². The Morgan fingerprint density at radius 1 is 1.10 bits per heavy atom. The van der Waals surface area contributed by atoms with Crippen LogP contribution in [0.4, 0.5) is 24.5 Å². The molecule has 3 rings (SSSR count). The maximum absolute atomic E-state index is 13.5. The number of hydrogen-bond acceptors (Lipinski definition) is 4. The molecule has 0 bridgehead atoms. The number of alkyl halides is 3. The molecule has 1 saturated heterocycles. The first kappa shape index (κ1) is 22.9. The van der Waals surface area contributed by atoms with Crippen LogP contribution in [-0.4, -0.2) is 32.0 Å². The van der Waals surface area contributed by atoms with E-state index in [9.17, 15) is 26.4 Å². The van der Waals surface area contributed by atoms with Crippen LogP contribution in [0.1, 0.15) is 30.9 Å². The van der Waals surface area contributed by atoms with Gasteiger partial charge in [-0.05, 0) is 69.0 Å². The number of nitrogens with zero attached hydrogens (tertiary/aromatic N) is 1. The van der Waals surface area contributed by atoms with Gasteiger partial charge < -0.3 is 10.1 Å². The highest BCUT2D eigenvalue weighted by molar-refractivity contribution is 7.95. The molecule has 2 aromatic rings. The standard InChI is InChI=1S/C21H23F3N2O4S/c1-14-6-4-7-15(2)18(14)26-13-5-12-20(3,31(26,28)29)19(27)25-16-8-10-17(11-9-16)30-21(22,23)24/h4,6-11H,5,12-13H2,1-3H3,(H,25,27)/t20-/m1/s1. The Labute approximate surface area is 179 Å². The molecule has 2 aromatic carbocycles. The summed E-state index contributed by atoms with van der Waals surface area (Å²) in [5.74, 6) is -1.18. The molecule has 1 heterocycles. The monoisotopic (exact) mass is 456 g/mol. The number of nitrogens with one attached hydrogen (secondary N) is 1. The molecule has 1 aliphatic rings. The van der Waals surface area contributed by atoms with E-state index in [0.717, 1.165) is 23.3 Å². The van der Waals surface area contributed by atoms with Crippen LogP contribution in [0.3, 0.4) is 0 Å². The SMILES string of the molecule is Cc1cccc(C)c1N1CCC[C@](C)(C(=O)Nc2ccc(OC(F)(F)F)cc2)S1(=O)=O. The first-order valence-corrected chi connectivity index (χ1v) is 11.0. The first-order valence-electron chi connectivity index (χ1n) is 9.61. The predicted octanol–water partition coefficient (Wildman–Crippen LogP) is 4.53. The van der Waals surface area contributed by atoms with E-state index in [0.29, 0.717) is 12.1 Å². The normalized spacial score (nSPS) is 20.9. The third kappa shape index (κ3) is 4.48. The fourth-order valence-electron chi connectivity index (χ4n) is 3.72. The third-order valence-corrected chi connectivity index (χ3v) is 7.86. The molecule has 1 N–H and O–H groups in total. The number of hydrogen-bond donors (Lipinski definition) is 1. The Morgan fingerprint density at radius 2 is 1.68 bits per heavy atom. The Morgan fingerprint density at radius 3 is 2.23 bits per heavy atom. The lowest BCUT2D eigenvalue weighted by atomic mass is 10.0. The van der Waals surface area contributed by atoms with E-state index in [1.807, 2.05) is 32.0 Å². The molecule has 10 heteroatoms. The molecule has 0 aliphatic carbocycles. The van der Waals surface area contributed by atoms with Crippen molar-refractivity contribution >= 4 is 27.3 Å². The van der Waals surface area contributed by atoms with E-state index >= 15 is 0 Å². The molecular formula is C21H23F3N2O4S. The highest BCUT2D eigenvalue weighted by Gasteiger charge is 2.52. The average molecular weight is 456 g/mol. The summed E-state index contributed by atoms with van der Waals surface area (Å²) >= 11 is 0. The summed E-state index contributed by atoms with van der Waals surface area (Å²) < 4.78 is 67.3. The van der Waals surface area contributed by atoms with Crippen LogP contribution in [0.15, 0.2) is 42.5 Å². The van der Waals surface area contributed by atoms with Crippen LogP contribution >= 0.6 is 0 Å². The van der Waals surface area contributed by atoms with Gasteiger partial charge in [0.1, 0.15) is 5.75 Å². The number of halogens is 3. The van der Waals surface area contributed by atoms with Crippen LogP contribution in [-0.2, 0) is 14.8 Å². The number of anilines is 2. The van der Waals surface area contributed by atoms with E-state index in [-0.39, 0.29) is 18.7 Å². The second-order valence-electron chi connectivity index (χ2n) is 7.68. The van der Waals surface area contributed by atoms with Gasteiger partial charge in [0, 0.05) is 12.2 Å². The minimum atomic E-state index is -4.83. The smallest absolute Gasteiger partial charge is 0.406 e. The van der Waals surface area contributed by atoms with Crippen molar-refractivity contribution in [2.75, 3.05) is 16.2 Å². The van der Waals surface area contributed by atoms with E-state index in [1.165, 1.54) is 23.4 Å². The average Bonchev–Trinajstić information content (AvgIpc) is 2.65. The summed E-state index contributed by atoms with van der Waals surface area (Å²) in [5, 5.41) is 2.52. The molecule has 0 radical (unpaired) electrons. The van der Waals surface area contributed by atoms with Crippen molar-refractivity contribution in [3.63, 3.8) is 0 Å². The highest BCUT2D eigenvalue weighted by atomic mass is 32.2. The molecule has 0 unspecified atom stereocenters. The summed E-state index contributed by atoms with van der Waals surface area (Å²) in [5.41, 5.74) is 2.30. The maximum Gasteiger partial charge on any atom is 0.573 e. The van der Waals surface area contributed by atoms with Gasteiger partial charge in [-0.3, -0.25) is 9.10 Å². The molecule has 0 spiro atoms. The topological polar surface area (TPSA) is 75.7 Å². The summed E-state index contributed by atoms with van der Waals surface area (Å²) in [6.07, 6.45) is -4.22. The van der Waals surface area contributed by atoms with E-state index in [1.54, 1.807) is 0 Å².